The van der Waals surface area contributed by atoms with Gasteiger partial charge in [-0.15, -0.1) is 0 Å². The van der Waals surface area contributed by atoms with Crippen LogP contribution in [0.1, 0.15) is 44.7 Å². The van der Waals surface area contributed by atoms with Crippen molar-refractivity contribution in [3.8, 4) is 11.1 Å². The van der Waals surface area contributed by atoms with Crippen LogP contribution in [0, 0.1) is 0 Å². The Kier molecular flexibility index (Phi) is 5.36. The van der Waals surface area contributed by atoms with Gasteiger partial charge in [0.1, 0.15) is 0 Å². The molecule has 0 aliphatic heterocycles. The second kappa shape index (κ2) is 7.06. The van der Waals surface area contributed by atoms with E-state index in [1.807, 2.05) is 13.8 Å². The summed E-state index contributed by atoms with van der Waals surface area (Å²) in [4.78, 5) is 0. The number of thiol groups is 1. The van der Waals surface area contributed by atoms with Crippen LogP contribution in [0.4, 0.5) is 0 Å². The molecule has 2 heteroatoms. The monoisotopic (exact) mass is 311 g/mol. The van der Waals surface area contributed by atoms with Gasteiger partial charge >= 0.3 is 0 Å². The minimum absolute atomic E-state index is 0.163. The lowest BCUT2D eigenvalue weighted by molar-refractivity contribution is 0.540. The molecule has 0 heterocycles. The van der Waals surface area contributed by atoms with E-state index in [0.717, 1.165) is 18.5 Å². The fraction of sp³-hybridized carbons (Fsp3) is 0.300. The summed E-state index contributed by atoms with van der Waals surface area (Å²) in [6, 6.07) is 17.3. The second-order valence-corrected chi connectivity index (χ2v) is 5.56. The number of allylic oxidation sites excluding steroid dienone is 1. The predicted molar refractivity (Wildman–Crippen MR) is 100 cm³/mol. The van der Waals surface area contributed by atoms with Crippen LogP contribution in [0.25, 0.3) is 11.1 Å². The first-order chi connectivity index (χ1) is 10.8. The van der Waals surface area contributed by atoms with Crippen LogP contribution in [0.5, 0.6) is 0 Å². The zero-order valence-corrected chi connectivity index (χ0v) is 14.6. The number of hydrogen-bond donors (Lipinski definition) is 2. The van der Waals surface area contributed by atoms with Crippen LogP contribution in [0.2, 0.25) is 0 Å². The van der Waals surface area contributed by atoms with Gasteiger partial charge in [-0.25, -0.2) is 0 Å². The van der Waals surface area contributed by atoms with Crippen molar-refractivity contribution in [2.24, 2.45) is 0 Å². The van der Waals surface area contributed by atoms with Crippen LogP contribution in [0.15, 0.2) is 60.8 Å². The maximum absolute atomic E-state index is 4.27. The Labute approximate surface area is 140 Å². The largest absolute Gasteiger partial charge is 0.335 e. The van der Waals surface area contributed by atoms with Gasteiger partial charge in [-0.1, -0.05) is 95.1 Å². The third kappa shape index (κ3) is 2.36. The smallest absolute Gasteiger partial charge is 0.0612 e. The molecule has 116 valence electrons. The third-order valence-corrected chi connectivity index (χ3v) is 4.61. The first-order valence-corrected chi connectivity index (χ1v) is 8.49. The van der Waals surface area contributed by atoms with Crippen LogP contribution < -0.4 is 4.72 Å². The van der Waals surface area contributed by atoms with Gasteiger partial charge in [-0.05, 0) is 28.7 Å². The van der Waals surface area contributed by atoms with E-state index >= 15 is 0 Å². The number of fused-ring (bicyclic) bond motifs is 3. The molecular formula is C20H25NS. The van der Waals surface area contributed by atoms with Crippen LogP contribution in [-0.2, 0) is 5.41 Å². The molecule has 3 rings (SSSR count). The summed E-state index contributed by atoms with van der Waals surface area (Å²) in [6.45, 7) is 10.5. The molecule has 0 atom stereocenters. The molecule has 0 amide bonds. The van der Waals surface area contributed by atoms with E-state index in [2.05, 4.69) is 79.6 Å². The summed E-state index contributed by atoms with van der Waals surface area (Å²) < 4.78 is 3.01. The molecule has 2 aromatic carbocycles. The molecule has 0 fully saturated rings. The molecular weight excluding hydrogens is 286 g/mol. The zero-order valence-electron chi connectivity index (χ0n) is 13.7. The Balaban J connectivity index is 0.000000847. The first kappa shape index (κ1) is 16.7. The van der Waals surface area contributed by atoms with Crippen LogP contribution >= 0.6 is 12.8 Å². The lowest BCUT2D eigenvalue weighted by Gasteiger charge is -2.33. The van der Waals surface area contributed by atoms with Crippen molar-refractivity contribution in [2.45, 2.75) is 39.0 Å². The van der Waals surface area contributed by atoms with E-state index < -0.39 is 0 Å². The Hall–Kier alpha value is -1.67. The molecule has 0 spiro atoms. The summed E-state index contributed by atoms with van der Waals surface area (Å²) in [5.74, 6) is 0. The van der Waals surface area contributed by atoms with Gasteiger partial charge in [0, 0.05) is 5.70 Å². The lowest BCUT2D eigenvalue weighted by atomic mass is 9.72. The lowest BCUT2D eigenvalue weighted by Crippen LogP contribution is -2.31. The van der Waals surface area contributed by atoms with Crippen molar-refractivity contribution in [3.05, 3.63) is 71.9 Å². The quantitative estimate of drug-likeness (QED) is 0.687. The van der Waals surface area contributed by atoms with Gasteiger partial charge in [0.15, 0.2) is 0 Å². The highest BCUT2D eigenvalue weighted by atomic mass is 32.1. The average Bonchev–Trinajstić information content (AvgIpc) is 2.88. The fourth-order valence-electron chi connectivity index (χ4n) is 3.54. The number of rotatable bonds is 4. The summed E-state index contributed by atoms with van der Waals surface area (Å²) >= 11 is 4.27. The van der Waals surface area contributed by atoms with Gasteiger partial charge in [-0.2, -0.15) is 0 Å². The molecule has 0 bridgehead atoms. The van der Waals surface area contributed by atoms with Crippen molar-refractivity contribution in [1.29, 1.82) is 0 Å². The fourth-order valence-corrected chi connectivity index (χ4v) is 3.73. The Bertz CT molecular complexity index is 615. The van der Waals surface area contributed by atoms with E-state index in [1.165, 1.54) is 22.3 Å². The molecule has 1 aliphatic carbocycles. The van der Waals surface area contributed by atoms with E-state index in [4.69, 9.17) is 0 Å². The maximum atomic E-state index is 4.27. The maximum Gasteiger partial charge on any atom is 0.0612 e. The molecule has 0 radical (unpaired) electrons. The molecule has 2 aromatic rings. The summed E-state index contributed by atoms with van der Waals surface area (Å²) in [5, 5.41) is 0. The predicted octanol–water partition coefficient (Wildman–Crippen LogP) is 5.73. The van der Waals surface area contributed by atoms with Crippen molar-refractivity contribution in [2.75, 3.05) is 0 Å². The normalized spacial score (nSPS) is 13.5. The number of hydrogen-bond acceptors (Lipinski definition) is 2. The third-order valence-electron chi connectivity index (χ3n) is 4.34. The molecule has 1 nitrogen and oxygen atoms in total. The minimum atomic E-state index is -0.163. The standard InChI is InChI=1S/C18H19NS.C2H6/c1-3-12-18(13(2)19-20)16-10-6-4-8-14(16)15-9-5-7-11-17(15)18;1-2/h4-11,19-20H,2-3,12H2,1H3;1-2H3. The highest BCUT2D eigenvalue weighted by molar-refractivity contribution is 7.78. The van der Waals surface area contributed by atoms with Crippen molar-refractivity contribution < 1.29 is 0 Å². The Morgan fingerprint density at radius 3 is 1.86 bits per heavy atom. The number of benzene rings is 2. The van der Waals surface area contributed by atoms with Crippen molar-refractivity contribution >= 4 is 12.8 Å². The summed E-state index contributed by atoms with van der Waals surface area (Å²) in [7, 11) is 0. The molecule has 22 heavy (non-hydrogen) atoms. The van der Waals surface area contributed by atoms with E-state index in [1.54, 1.807) is 0 Å². The molecule has 1 N–H and O–H groups in total. The first-order valence-electron chi connectivity index (χ1n) is 8.04. The van der Waals surface area contributed by atoms with Gasteiger partial charge < -0.3 is 4.72 Å². The average molecular weight is 311 g/mol. The Morgan fingerprint density at radius 2 is 1.45 bits per heavy atom. The van der Waals surface area contributed by atoms with Crippen LogP contribution in [-0.4, -0.2) is 0 Å². The highest BCUT2D eigenvalue weighted by Crippen LogP contribution is 2.53. The summed E-state index contributed by atoms with van der Waals surface area (Å²) in [5.41, 5.74) is 6.12. The SMILES string of the molecule is C=C(NS)C1(CCC)c2ccccc2-c2ccccc21.CC. The van der Waals surface area contributed by atoms with Crippen molar-refractivity contribution in [1.82, 2.24) is 4.72 Å². The molecule has 1 aliphatic rings. The van der Waals surface area contributed by atoms with E-state index in [-0.39, 0.29) is 5.41 Å². The molecule has 0 saturated carbocycles. The second-order valence-electron chi connectivity index (χ2n) is 5.34. The van der Waals surface area contributed by atoms with E-state index in [0.29, 0.717) is 0 Å². The molecule has 0 unspecified atom stereocenters. The van der Waals surface area contributed by atoms with Crippen LogP contribution in [0.3, 0.4) is 0 Å². The molecule has 0 aromatic heterocycles. The van der Waals surface area contributed by atoms with E-state index in [9.17, 15) is 0 Å². The van der Waals surface area contributed by atoms with Crippen molar-refractivity contribution in [3.63, 3.8) is 0 Å². The van der Waals surface area contributed by atoms with Gasteiger partial charge in [0.2, 0.25) is 0 Å². The topological polar surface area (TPSA) is 12.0 Å². The van der Waals surface area contributed by atoms with Gasteiger partial charge in [-0.3, -0.25) is 0 Å². The molecule has 0 saturated heterocycles. The minimum Gasteiger partial charge on any atom is -0.335 e. The van der Waals surface area contributed by atoms with Gasteiger partial charge in [0.05, 0.1) is 5.41 Å². The zero-order chi connectivity index (χ0) is 16.2. The Morgan fingerprint density at radius 1 is 1.00 bits per heavy atom. The summed E-state index contributed by atoms with van der Waals surface area (Å²) in [6.07, 6.45) is 2.13. The van der Waals surface area contributed by atoms with Gasteiger partial charge in [0.25, 0.3) is 0 Å². The highest BCUT2D eigenvalue weighted by Gasteiger charge is 2.44. The number of nitrogens with one attached hydrogen (secondary N) is 1.